The van der Waals surface area contributed by atoms with E-state index in [1.165, 1.54) is 6.26 Å². The average molecular weight is 297 g/mol. The molecule has 2 rings (SSSR count). The normalized spacial score (nSPS) is 18.5. The molecule has 1 aromatic carbocycles. The molecule has 0 heterocycles. The number of carboxylic acid groups (broad SMARTS) is 1. The Morgan fingerprint density at radius 1 is 1.35 bits per heavy atom. The van der Waals surface area contributed by atoms with Gasteiger partial charge in [-0.15, -0.1) is 0 Å². The number of hydrogen-bond acceptors (Lipinski definition) is 4. The summed E-state index contributed by atoms with van der Waals surface area (Å²) >= 11 is 0. The van der Waals surface area contributed by atoms with Crippen molar-refractivity contribution in [3.05, 3.63) is 35.4 Å². The molecule has 110 valence electrons. The minimum atomic E-state index is -3.11. The molecule has 5 nitrogen and oxygen atoms in total. The summed E-state index contributed by atoms with van der Waals surface area (Å²) in [4.78, 5) is 10.5. The van der Waals surface area contributed by atoms with E-state index in [-0.39, 0.29) is 12.5 Å². The highest BCUT2D eigenvalue weighted by atomic mass is 32.2. The Labute approximate surface area is 118 Å². The van der Waals surface area contributed by atoms with E-state index in [0.717, 1.165) is 11.1 Å². The lowest BCUT2D eigenvalue weighted by Crippen LogP contribution is -2.19. The quantitative estimate of drug-likeness (QED) is 0.831. The number of nitrogens with two attached hydrogens (primary N) is 1. The third kappa shape index (κ3) is 2.86. The molecular formula is C14H19NO4S. The van der Waals surface area contributed by atoms with Gasteiger partial charge < -0.3 is 10.8 Å². The molecule has 1 fully saturated rings. The van der Waals surface area contributed by atoms with Crippen LogP contribution in [0.15, 0.2) is 24.3 Å². The van der Waals surface area contributed by atoms with E-state index in [1.807, 2.05) is 0 Å². The molecule has 1 aliphatic carbocycles. The predicted octanol–water partition coefficient (Wildman–Crippen LogP) is 1.58. The van der Waals surface area contributed by atoms with Gasteiger partial charge in [-0.1, -0.05) is 24.3 Å². The number of benzene rings is 1. The molecular weight excluding hydrogens is 278 g/mol. The van der Waals surface area contributed by atoms with Gasteiger partial charge in [0.15, 0.2) is 9.84 Å². The summed E-state index contributed by atoms with van der Waals surface area (Å²) in [5, 5.41) is 8.64. The van der Waals surface area contributed by atoms with Crippen molar-refractivity contribution in [3.63, 3.8) is 0 Å². The Morgan fingerprint density at radius 3 is 2.30 bits per heavy atom. The molecule has 0 amide bonds. The molecule has 0 saturated heterocycles. The average Bonchev–Trinajstić information content (AvgIpc) is 3.17. The van der Waals surface area contributed by atoms with Crippen molar-refractivity contribution in [1.29, 1.82) is 0 Å². The standard InChI is InChI=1S/C14H19NO4S/c1-20(18,19)14(8-9-14)11-4-2-10(3-5-11)12(15)6-7-13(16)17/h2-5,12H,6-9,15H2,1H3,(H,16,17). The number of aliphatic carboxylic acids is 1. The fourth-order valence-electron chi connectivity index (χ4n) is 2.47. The Kier molecular flexibility index (Phi) is 3.88. The second-order valence-corrected chi connectivity index (χ2v) is 7.75. The lowest BCUT2D eigenvalue weighted by Gasteiger charge is -2.16. The van der Waals surface area contributed by atoms with E-state index in [1.54, 1.807) is 24.3 Å². The van der Waals surface area contributed by atoms with Crippen molar-refractivity contribution >= 4 is 15.8 Å². The molecule has 0 aliphatic heterocycles. The van der Waals surface area contributed by atoms with Crippen LogP contribution in [0.4, 0.5) is 0 Å². The summed E-state index contributed by atoms with van der Waals surface area (Å²) in [6.07, 6.45) is 2.99. The van der Waals surface area contributed by atoms with Gasteiger partial charge in [-0.25, -0.2) is 8.42 Å². The van der Waals surface area contributed by atoms with Gasteiger partial charge >= 0.3 is 5.97 Å². The zero-order chi connectivity index (χ0) is 15.0. The first kappa shape index (κ1) is 15.0. The molecule has 1 unspecified atom stereocenters. The SMILES string of the molecule is CS(=O)(=O)C1(c2ccc(C(N)CCC(=O)O)cc2)CC1. The minimum Gasteiger partial charge on any atom is -0.481 e. The summed E-state index contributed by atoms with van der Waals surface area (Å²) in [5.74, 6) is -0.869. The summed E-state index contributed by atoms with van der Waals surface area (Å²) in [6, 6.07) is 6.85. The van der Waals surface area contributed by atoms with Crippen LogP contribution in [-0.2, 0) is 19.4 Å². The van der Waals surface area contributed by atoms with Gasteiger partial charge in [0.25, 0.3) is 0 Å². The third-order valence-corrected chi connectivity index (χ3v) is 6.01. The maximum atomic E-state index is 11.8. The van der Waals surface area contributed by atoms with Crippen LogP contribution in [0.25, 0.3) is 0 Å². The van der Waals surface area contributed by atoms with Crippen molar-refractivity contribution < 1.29 is 18.3 Å². The highest BCUT2D eigenvalue weighted by Gasteiger charge is 2.53. The highest BCUT2D eigenvalue weighted by Crippen LogP contribution is 2.52. The van der Waals surface area contributed by atoms with Gasteiger partial charge in [0, 0.05) is 18.7 Å². The lowest BCUT2D eigenvalue weighted by atomic mass is 10.00. The second-order valence-electron chi connectivity index (χ2n) is 5.43. The fourth-order valence-corrected chi connectivity index (χ4v) is 3.87. The van der Waals surface area contributed by atoms with E-state index < -0.39 is 20.6 Å². The first-order valence-electron chi connectivity index (χ1n) is 6.54. The van der Waals surface area contributed by atoms with Crippen molar-refractivity contribution in [3.8, 4) is 0 Å². The van der Waals surface area contributed by atoms with E-state index in [9.17, 15) is 13.2 Å². The Morgan fingerprint density at radius 2 is 1.90 bits per heavy atom. The Bertz CT molecular complexity index is 603. The largest absolute Gasteiger partial charge is 0.481 e. The molecule has 1 atom stereocenters. The molecule has 1 saturated carbocycles. The first-order chi connectivity index (χ1) is 9.26. The van der Waals surface area contributed by atoms with Gasteiger partial charge in [-0.3, -0.25) is 4.79 Å². The first-order valence-corrected chi connectivity index (χ1v) is 8.43. The van der Waals surface area contributed by atoms with Gasteiger partial charge in [0.2, 0.25) is 0 Å². The van der Waals surface area contributed by atoms with E-state index in [0.29, 0.717) is 19.3 Å². The van der Waals surface area contributed by atoms with Crippen LogP contribution in [0.5, 0.6) is 0 Å². The van der Waals surface area contributed by atoms with E-state index in [2.05, 4.69) is 0 Å². The Balaban J connectivity index is 2.13. The number of carbonyl (C=O) groups is 1. The molecule has 20 heavy (non-hydrogen) atoms. The molecule has 3 N–H and O–H groups in total. The number of rotatable bonds is 6. The van der Waals surface area contributed by atoms with Crippen LogP contribution in [0.3, 0.4) is 0 Å². The number of carboxylic acids is 1. The molecule has 0 bridgehead atoms. The monoisotopic (exact) mass is 297 g/mol. The molecule has 1 aromatic rings. The van der Waals surface area contributed by atoms with Gasteiger partial charge in [0.05, 0.1) is 4.75 Å². The summed E-state index contributed by atoms with van der Waals surface area (Å²) < 4.78 is 22.9. The smallest absolute Gasteiger partial charge is 0.303 e. The summed E-state index contributed by atoms with van der Waals surface area (Å²) in [5.41, 5.74) is 7.56. The number of sulfone groups is 1. The van der Waals surface area contributed by atoms with Gasteiger partial charge in [-0.2, -0.15) is 0 Å². The van der Waals surface area contributed by atoms with Crippen LogP contribution >= 0.6 is 0 Å². The Hall–Kier alpha value is -1.40. The lowest BCUT2D eigenvalue weighted by molar-refractivity contribution is -0.137. The molecule has 6 heteroatoms. The fraction of sp³-hybridized carbons (Fsp3) is 0.500. The summed E-state index contributed by atoms with van der Waals surface area (Å²) in [6.45, 7) is 0. The van der Waals surface area contributed by atoms with Gasteiger partial charge in [-0.05, 0) is 30.4 Å². The molecule has 0 radical (unpaired) electrons. The van der Waals surface area contributed by atoms with Crippen molar-refractivity contribution in [2.75, 3.05) is 6.26 Å². The molecule has 0 aromatic heterocycles. The van der Waals surface area contributed by atoms with Crippen molar-refractivity contribution in [2.24, 2.45) is 5.73 Å². The highest BCUT2D eigenvalue weighted by molar-refractivity contribution is 7.92. The van der Waals surface area contributed by atoms with Crippen LogP contribution < -0.4 is 5.73 Å². The zero-order valence-corrected chi connectivity index (χ0v) is 12.2. The van der Waals surface area contributed by atoms with Crippen LogP contribution in [-0.4, -0.2) is 25.7 Å². The maximum Gasteiger partial charge on any atom is 0.303 e. The number of hydrogen-bond donors (Lipinski definition) is 2. The van der Waals surface area contributed by atoms with Crippen LogP contribution in [0.2, 0.25) is 0 Å². The van der Waals surface area contributed by atoms with Crippen molar-refractivity contribution in [2.45, 2.75) is 36.5 Å². The predicted molar refractivity (Wildman–Crippen MR) is 76.0 cm³/mol. The van der Waals surface area contributed by atoms with E-state index >= 15 is 0 Å². The van der Waals surface area contributed by atoms with Crippen molar-refractivity contribution in [1.82, 2.24) is 0 Å². The van der Waals surface area contributed by atoms with Crippen LogP contribution in [0, 0.1) is 0 Å². The van der Waals surface area contributed by atoms with Gasteiger partial charge in [0.1, 0.15) is 0 Å². The molecule has 1 aliphatic rings. The second kappa shape index (κ2) is 5.18. The minimum absolute atomic E-state index is 0.0240. The van der Waals surface area contributed by atoms with E-state index in [4.69, 9.17) is 10.8 Å². The summed E-state index contributed by atoms with van der Waals surface area (Å²) in [7, 11) is -3.11. The van der Waals surface area contributed by atoms with Crippen LogP contribution in [0.1, 0.15) is 42.9 Å². The third-order valence-electron chi connectivity index (χ3n) is 3.95. The zero-order valence-electron chi connectivity index (χ0n) is 11.4. The maximum absolute atomic E-state index is 11.8. The topological polar surface area (TPSA) is 97.5 Å². The molecule has 0 spiro atoms.